The Balaban J connectivity index is 1.81. The van der Waals surface area contributed by atoms with Crippen LogP contribution in [0.3, 0.4) is 0 Å². The van der Waals surface area contributed by atoms with Gasteiger partial charge in [0.2, 0.25) is 0 Å². The predicted molar refractivity (Wildman–Crippen MR) is 128 cm³/mol. The molecule has 0 aliphatic carbocycles. The number of halogens is 4. The molecule has 0 fully saturated rings. The number of rotatable bonds is 6. The highest BCUT2D eigenvalue weighted by Gasteiger charge is 2.36. The van der Waals surface area contributed by atoms with Crippen molar-refractivity contribution in [2.45, 2.75) is 51.7 Å². The zero-order chi connectivity index (χ0) is 26.5. The van der Waals surface area contributed by atoms with Crippen molar-refractivity contribution < 1.29 is 32.2 Å². The van der Waals surface area contributed by atoms with Gasteiger partial charge in [0.15, 0.2) is 6.61 Å². The van der Waals surface area contributed by atoms with Gasteiger partial charge in [0, 0.05) is 22.4 Å². The Morgan fingerprint density at radius 3 is 2.19 bits per heavy atom. The SMILES string of the molecule is CC(C)(O)c1ccc(N2Cc3c(cc(C(C)(C)F)nc3-c3ccccc3OCC(F)(F)F)C2=O)cc1. The van der Waals surface area contributed by atoms with E-state index in [0.29, 0.717) is 16.8 Å². The Kier molecular flexibility index (Phi) is 6.33. The van der Waals surface area contributed by atoms with E-state index in [1.165, 1.54) is 43.0 Å². The van der Waals surface area contributed by atoms with Crippen molar-refractivity contribution >= 4 is 11.6 Å². The molecule has 0 spiro atoms. The lowest BCUT2D eigenvalue weighted by Crippen LogP contribution is -2.23. The molecule has 3 aromatic rings. The number of amides is 1. The van der Waals surface area contributed by atoms with Crippen molar-refractivity contribution in [1.82, 2.24) is 4.98 Å². The quantitative estimate of drug-likeness (QED) is 0.403. The predicted octanol–water partition coefficient (Wildman–Crippen LogP) is 6.28. The number of ether oxygens (including phenoxy) is 1. The maximum Gasteiger partial charge on any atom is 0.422 e. The van der Waals surface area contributed by atoms with Gasteiger partial charge in [-0.05, 0) is 63.6 Å². The van der Waals surface area contributed by atoms with Gasteiger partial charge in [-0.3, -0.25) is 4.79 Å². The minimum atomic E-state index is -4.55. The molecule has 2 heterocycles. The molecule has 0 saturated carbocycles. The molecule has 0 bridgehead atoms. The highest BCUT2D eigenvalue weighted by molar-refractivity contribution is 6.11. The zero-order valence-electron chi connectivity index (χ0n) is 20.3. The number of nitrogens with zero attached hydrogens (tertiary/aromatic N) is 2. The van der Waals surface area contributed by atoms with Crippen molar-refractivity contribution in [3.05, 3.63) is 77.0 Å². The molecule has 0 saturated heterocycles. The summed E-state index contributed by atoms with van der Waals surface area (Å²) in [5.41, 5.74) is -0.669. The number of carbonyl (C=O) groups excluding carboxylic acids is 1. The lowest BCUT2D eigenvalue weighted by Gasteiger charge is -2.20. The first kappa shape index (κ1) is 25.6. The lowest BCUT2D eigenvalue weighted by molar-refractivity contribution is -0.153. The molecule has 1 N–H and O–H groups in total. The molecule has 0 unspecified atom stereocenters. The number of para-hydroxylation sites is 1. The number of hydrogen-bond donors (Lipinski definition) is 1. The Hall–Kier alpha value is -3.46. The average Bonchev–Trinajstić information content (AvgIpc) is 3.12. The maximum absolute atomic E-state index is 15.0. The van der Waals surface area contributed by atoms with Crippen LogP contribution in [-0.4, -0.2) is 28.8 Å². The molecule has 1 amide bonds. The fraction of sp³-hybridized carbons (Fsp3) is 0.333. The Labute approximate surface area is 206 Å². The third-order valence-corrected chi connectivity index (χ3v) is 5.94. The number of hydrogen-bond acceptors (Lipinski definition) is 4. The van der Waals surface area contributed by atoms with Crippen LogP contribution in [0, 0.1) is 0 Å². The summed E-state index contributed by atoms with van der Waals surface area (Å²) < 4.78 is 58.6. The molecule has 4 rings (SSSR count). The molecule has 9 heteroatoms. The van der Waals surface area contributed by atoms with Gasteiger partial charge in [0.05, 0.1) is 23.5 Å². The number of aliphatic hydroxyl groups is 1. The Morgan fingerprint density at radius 2 is 1.61 bits per heavy atom. The van der Waals surface area contributed by atoms with E-state index in [1.807, 2.05) is 0 Å². The number of benzene rings is 2. The van der Waals surface area contributed by atoms with E-state index in [4.69, 9.17) is 4.74 Å². The number of aromatic nitrogens is 1. The molecule has 1 aliphatic rings. The molecule has 1 aliphatic heterocycles. The smallest absolute Gasteiger partial charge is 0.422 e. The van der Waals surface area contributed by atoms with Gasteiger partial charge in [-0.1, -0.05) is 24.3 Å². The number of anilines is 1. The number of pyridine rings is 1. The van der Waals surface area contributed by atoms with E-state index in [2.05, 4.69) is 4.98 Å². The molecule has 0 atom stereocenters. The van der Waals surface area contributed by atoms with E-state index < -0.39 is 24.1 Å². The lowest BCUT2D eigenvalue weighted by atomic mass is 9.97. The maximum atomic E-state index is 15.0. The van der Waals surface area contributed by atoms with Gasteiger partial charge >= 0.3 is 6.18 Å². The number of fused-ring (bicyclic) bond motifs is 1. The van der Waals surface area contributed by atoms with Crippen molar-refractivity contribution in [2.75, 3.05) is 11.5 Å². The van der Waals surface area contributed by atoms with Crippen LogP contribution in [0.25, 0.3) is 11.3 Å². The third kappa shape index (κ3) is 5.21. The summed E-state index contributed by atoms with van der Waals surface area (Å²) in [6, 6.07) is 14.3. The summed E-state index contributed by atoms with van der Waals surface area (Å²) >= 11 is 0. The molecule has 1 aromatic heterocycles. The van der Waals surface area contributed by atoms with Crippen LogP contribution in [0.15, 0.2) is 54.6 Å². The van der Waals surface area contributed by atoms with Gasteiger partial charge < -0.3 is 14.7 Å². The minimum absolute atomic E-state index is 0.0190. The molecular formula is C27H26F4N2O3. The van der Waals surface area contributed by atoms with Crippen LogP contribution in [0.2, 0.25) is 0 Å². The first-order valence-electron chi connectivity index (χ1n) is 11.3. The van der Waals surface area contributed by atoms with Crippen molar-refractivity contribution in [3.63, 3.8) is 0 Å². The second-order valence-electron chi connectivity index (χ2n) is 9.75. The minimum Gasteiger partial charge on any atom is -0.483 e. The highest BCUT2D eigenvalue weighted by atomic mass is 19.4. The number of carbonyl (C=O) groups is 1. The van der Waals surface area contributed by atoms with E-state index in [-0.39, 0.29) is 40.7 Å². The number of alkyl halides is 4. The molecule has 2 aromatic carbocycles. The summed E-state index contributed by atoms with van der Waals surface area (Å²) in [4.78, 5) is 19.4. The summed E-state index contributed by atoms with van der Waals surface area (Å²) in [6.07, 6.45) is -4.55. The van der Waals surface area contributed by atoms with E-state index in [9.17, 15) is 23.1 Å². The van der Waals surface area contributed by atoms with Crippen LogP contribution in [0.1, 0.15) is 54.9 Å². The van der Waals surface area contributed by atoms with Gasteiger partial charge in [-0.25, -0.2) is 9.37 Å². The Bertz CT molecular complexity index is 1290. The second kappa shape index (κ2) is 8.89. The summed E-state index contributed by atoms with van der Waals surface area (Å²) in [7, 11) is 0. The Morgan fingerprint density at radius 1 is 0.972 bits per heavy atom. The zero-order valence-corrected chi connectivity index (χ0v) is 20.3. The van der Waals surface area contributed by atoms with Crippen LogP contribution in [0.5, 0.6) is 5.75 Å². The van der Waals surface area contributed by atoms with Crippen LogP contribution in [-0.2, 0) is 17.8 Å². The second-order valence-corrected chi connectivity index (χ2v) is 9.75. The normalized spacial score (nSPS) is 14.2. The average molecular weight is 503 g/mol. The molecule has 36 heavy (non-hydrogen) atoms. The summed E-state index contributed by atoms with van der Waals surface area (Å²) in [6.45, 7) is 4.47. The van der Waals surface area contributed by atoms with Gasteiger partial charge in [-0.2, -0.15) is 13.2 Å². The van der Waals surface area contributed by atoms with Crippen molar-refractivity contribution in [1.29, 1.82) is 0 Å². The fourth-order valence-corrected chi connectivity index (χ4v) is 4.03. The van der Waals surface area contributed by atoms with E-state index in [1.54, 1.807) is 44.2 Å². The van der Waals surface area contributed by atoms with E-state index in [0.717, 1.165) is 0 Å². The van der Waals surface area contributed by atoms with Crippen LogP contribution in [0.4, 0.5) is 23.2 Å². The van der Waals surface area contributed by atoms with Gasteiger partial charge in [0.25, 0.3) is 5.91 Å². The van der Waals surface area contributed by atoms with Crippen LogP contribution >= 0.6 is 0 Å². The third-order valence-electron chi connectivity index (χ3n) is 5.94. The first-order chi connectivity index (χ1) is 16.6. The molecule has 5 nitrogen and oxygen atoms in total. The van der Waals surface area contributed by atoms with Gasteiger partial charge in [0.1, 0.15) is 11.4 Å². The summed E-state index contributed by atoms with van der Waals surface area (Å²) in [5, 5.41) is 10.2. The monoisotopic (exact) mass is 502 g/mol. The molecular weight excluding hydrogens is 476 g/mol. The molecule has 0 radical (unpaired) electrons. The van der Waals surface area contributed by atoms with Crippen molar-refractivity contribution in [2.24, 2.45) is 0 Å². The highest BCUT2D eigenvalue weighted by Crippen LogP contribution is 2.40. The standard InChI is InChI=1S/C27H26F4N2O3/c1-25(2,28)22-13-19-20(14-33(24(19)34)17-11-9-16(10-12-17)26(3,4)35)23(32-22)18-7-5-6-8-21(18)36-15-27(29,30)31/h5-13,35H,14-15H2,1-4H3. The molecule has 190 valence electrons. The van der Waals surface area contributed by atoms with Gasteiger partial charge in [-0.15, -0.1) is 0 Å². The topological polar surface area (TPSA) is 62.7 Å². The van der Waals surface area contributed by atoms with Crippen molar-refractivity contribution in [3.8, 4) is 17.0 Å². The largest absolute Gasteiger partial charge is 0.483 e. The first-order valence-corrected chi connectivity index (χ1v) is 11.3. The van der Waals surface area contributed by atoms with E-state index >= 15 is 4.39 Å². The van der Waals surface area contributed by atoms with Crippen LogP contribution < -0.4 is 9.64 Å². The summed E-state index contributed by atoms with van der Waals surface area (Å²) in [5.74, 6) is -0.456. The fourth-order valence-electron chi connectivity index (χ4n) is 4.03.